The van der Waals surface area contributed by atoms with Crippen LogP contribution in [0.4, 0.5) is 18.0 Å². The molecule has 1 rings (SSSR count). The zero-order valence-corrected chi connectivity index (χ0v) is 14.8. The van der Waals surface area contributed by atoms with Crippen molar-refractivity contribution in [2.75, 3.05) is 6.54 Å². The number of nitrogens with zero attached hydrogens (tertiary/aromatic N) is 1. The molecule has 136 valence electrons. The fraction of sp³-hybridized carbons (Fsp3) is 0.938. The Hall–Kier alpha value is -0.980. The summed E-state index contributed by atoms with van der Waals surface area (Å²) in [6, 6.07) is -1.36. The third kappa shape index (κ3) is 4.11. The van der Waals surface area contributed by atoms with Crippen LogP contribution in [-0.4, -0.2) is 46.1 Å². The topological polar surface area (TPSA) is 49.8 Å². The first-order chi connectivity index (χ1) is 10.1. The predicted octanol–water partition coefficient (Wildman–Crippen LogP) is 4.12. The van der Waals surface area contributed by atoms with Gasteiger partial charge in [-0.25, -0.2) is 4.79 Å². The van der Waals surface area contributed by atoms with E-state index >= 15 is 0 Å². The lowest BCUT2D eigenvalue weighted by Gasteiger charge is -2.51. The predicted molar refractivity (Wildman–Crippen MR) is 81.0 cm³/mol. The van der Waals surface area contributed by atoms with Crippen LogP contribution in [0, 0.1) is 5.41 Å². The van der Waals surface area contributed by atoms with Gasteiger partial charge >= 0.3 is 12.3 Å². The van der Waals surface area contributed by atoms with Crippen LogP contribution in [-0.2, 0) is 4.74 Å². The standard InChI is InChI=1S/C16H28F3NO3/c1-13(2,3)15(22,16(17,18)19)11-9-7-8-10-20(11)12(21)23-14(4,5)6/h11,22H,7-10H2,1-6H3/t11-,15-/m0/s1. The molecule has 2 atom stereocenters. The number of hydrogen-bond donors (Lipinski definition) is 1. The monoisotopic (exact) mass is 339 g/mol. The molecule has 1 heterocycles. The number of carbonyl (C=O) groups excluding carboxylic acids is 1. The fourth-order valence-corrected chi connectivity index (χ4v) is 3.02. The number of carbonyl (C=O) groups is 1. The molecular weight excluding hydrogens is 311 g/mol. The Kier molecular flexibility index (Phi) is 5.36. The van der Waals surface area contributed by atoms with Crippen LogP contribution in [0.15, 0.2) is 0 Å². The summed E-state index contributed by atoms with van der Waals surface area (Å²) in [6.07, 6.45) is -4.46. The van der Waals surface area contributed by atoms with Gasteiger partial charge in [0, 0.05) is 12.0 Å². The number of alkyl halides is 3. The first kappa shape index (κ1) is 20.1. The second-order valence-corrected chi connectivity index (χ2v) is 8.20. The zero-order valence-electron chi connectivity index (χ0n) is 14.8. The quantitative estimate of drug-likeness (QED) is 0.782. The Morgan fingerprint density at radius 1 is 1.09 bits per heavy atom. The van der Waals surface area contributed by atoms with Crippen molar-refractivity contribution in [1.82, 2.24) is 4.90 Å². The lowest BCUT2D eigenvalue weighted by molar-refractivity contribution is -0.315. The van der Waals surface area contributed by atoms with Gasteiger partial charge in [0.05, 0.1) is 6.04 Å². The first-order valence-corrected chi connectivity index (χ1v) is 7.90. The summed E-state index contributed by atoms with van der Waals surface area (Å²) in [4.78, 5) is 13.4. The van der Waals surface area contributed by atoms with Crippen molar-refractivity contribution in [3.63, 3.8) is 0 Å². The molecule has 0 unspecified atom stereocenters. The molecule has 1 N–H and O–H groups in total. The zero-order chi connectivity index (χ0) is 18.3. The maximum Gasteiger partial charge on any atom is 0.419 e. The van der Waals surface area contributed by atoms with Gasteiger partial charge in [0.15, 0.2) is 5.60 Å². The van der Waals surface area contributed by atoms with Crippen LogP contribution in [0.5, 0.6) is 0 Å². The number of aliphatic hydroxyl groups is 1. The summed E-state index contributed by atoms with van der Waals surface area (Å²) < 4.78 is 46.4. The molecule has 0 saturated carbocycles. The average molecular weight is 339 g/mol. The van der Waals surface area contributed by atoms with E-state index in [1.165, 1.54) is 20.8 Å². The molecule has 4 nitrogen and oxygen atoms in total. The second kappa shape index (κ2) is 6.15. The van der Waals surface area contributed by atoms with Gasteiger partial charge in [0.1, 0.15) is 5.60 Å². The van der Waals surface area contributed by atoms with Crippen molar-refractivity contribution in [2.24, 2.45) is 5.41 Å². The van der Waals surface area contributed by atoms with Gasteiger partial charge in [-0.3, -0.25) is 0 Å². The van der Waals surface area contributed by atoms with E-state index in [1.54, 1.807) is 20.8 Å². The Morgan fingerprint density at radius 3 is 2.00 bits per heavy atom. The molecule has 1 amide bonds. The molecule has 0 aromatic rings. The Bertz CT molecular complexity index is 421. The normalized spacial score (nSPS) is 23.4. The molecule has 0 aliphatic carbocycles. The maximum absolute atomic E-state index is 13.7. The first-order valence-electron chi connectivity index (χ1n) is 7.90. The summed E-state index contributed by atoms with van der Waals surface area (Å²) in [7, 11) is 0. The van der Waals surface area contributed by atoms with Gasteiger partial charge in [-0.05, 0) is 40.0 Å². The fourth-order valence-electron chi connectivity index (χ4n) is 3.02. The number of amides is 1. The van der Waals surface area contributed by atoms with Crippen LogP contribution >= 0.6 is 0 Å². The Morgan fingerprint density at radius 2 is 1.61 bits per heavy atom. The highest BCUT2D eigenvalue weighted by Gasteiger charge is 2.66. The molecule has 1 aliphatic rings. The lowest BCUT2D eigenvalue weighted by Crippen LogP contribution is -2.69. The van der Waals surface area contributed by atoms with Gasteiger partial charge in [0.2, 0.25) is 0 Å². The van der Waals surface area contributed by atoms with Crippen LogP contribution in [0.3, 0.4) is 0 Å². The number of halogens is 3. The molecular formula is C16H28F3NO3. The molecule has 7 heteroatoms. The number of piperidine rings is 1. The minimum atomic E-state index is -4.85. The molecule has 0 aromatic heterocycles. The minimum absolute atomic E-state index is 0.0898. The lowest BCUT2D eigenvalue weighted by atomic mass is 9.68. The van der Waals surface area contributed by atoms with Crippen molar-refractivity contribution in [3.05, 3.63) is 0 Å². The largest absolute Gasteiger partial charge is 0.444 e. The third-order valence-electron chi connectivity index (χ3n) is 4.19. The van der Waals surface area contributed by atoms with Crippen LogP contribution in [0.25, 0.3) is 0 Å². The van der Waals surface area contributed by atoms with E-state index in [0.717, 1.165) is 4.90 Å². The molecule has 0 spiro atoms. The van der Waals surface area contributed by atoms with Gasteiger partial charge in [-0.1, -0.05) is 20.8 Å². The Labute approximate surface area is 136 Å². The highest BCUT2D eigenvalue weighted by molar-refractivity contribution is 5.69. The van der Waals surface area contributed by atoms with Crippen LogP contribution in [0.1, 0.15) is 60.8 Å². The molecule has 0 aromatic carbocycles. The average Bonchev–Trinajstić information content (AvgIpc) is 2.33. The van der Waals surface area contributed by atoms with Crippen LogP contribution < -0.4 is 0 Å². The highest BCUT2D eigenvalue weighted by atomic mass is 19.4. The molecule has 1 aliphatic heterocycles. The molecule has 0 bridgehead atoms. The van der Waals surface area contributed by atoms with Gasteiger partial charge in [-0.15, -0.1) is 0 Å². The number of hydrogen-bond acceptors (Lipinski definition) is 3. The number of likely N-dealkylation sites (tertiary alicyclic amines) is 1. The van der Waals surface area contributed by atoms with E-state index in [4.69, 9.17) is 4.74 Å². The molecule has 23 heavy (non-hydrogen) atoms. The van der Waals surface area contributed by atoms with E-state index in [-0.39, 0.29) is 13.0 Å². The molecule has 1 fully saturated rings. The van der Waals surface area contributed by atoms with E-state index in [1.807, 2.05) is 0 Å². The second-order valence-electron chi connectivity index (χ2n) is 8.20. The summed E-state index contributed by atoms with van der Waals surface area (Å²) in [5.74, 6) is 0. The van der Waals surface area contributed by atoms with E-state index in [0.29, 0.717) is 12.8 Å². The van der Waals surface area contributed by atoms with Gasteiger partial charge < -0.3 is 14.7 Å². The summed E-state index contributed by atoms with van der Waals surface area (Å²) >= 11 is 0. The molecule has 0 radical (unpaired) electrons. The van der Waals surface area contributed by atoms with Crippen molar-refractivity contribution < 1.29 is 27.8 Å². The van der Waals surface area contributed by atoms with Crippen molar-refractivity contribution in [3.8, 4) is 0 Å². The van der Waals surface area contributed by atoms with Crippen molar-refractivity contribution in [2.45, 2.75) is 84.2 Å². The number of rotatable bonds is 1. The summed E-state index contributed by atoms with van der Waals surface area (Å²) in [5, 5.41) is 10.7. The van der Waals surface area contributed by atoms with E-state index in [9.17, 15) is 23.1 Å². The van der Waals surface area contributed by atoms with Crippen LogP contribution in [0.2, 0.25) is 0 Å². The van der Waals surface area contributed by atoms with Gasteiger partial charge in [-0.2, -0.15) is 13.2 Å². The molecule has 1 saturated heterocycles. The summed E-state index contributed by atoms with van der Waals surface area (Å²) in [5.41, 5.74) is -5.29. The smallest absolute Gasteiger partial charge is 0.419 e. The van der Waals surface area contributed by atoms with Crippen molar-refractivity contribution in [1.29, 1.82) is 0 Å². The maximum atomic E-state index is 13.7. The highest BCUT2D eigenvalue weighted by Crippen LogP contribution is 2.49. The van der Waals surface area contributed by atoms with E-state index < -0.39 is 34.9 Å². The minimum Gasteiger partial charge on any atom is -0.444 e. The summed E-state index contributed by atoms with van der Waals surface area (Å²) in [6.45, 7) is 9.12. The van der Waals surface area contributed by atoms with E-state index in [2.05, 4.69) is 0 Å². The number of ether oxygens (including phenoxy) is 1. The third-order valence-corrected chi connectivity index (χ3v) is 4.19. The Balaban J connectivity index is 3.25. The van der Waals surface area contributed by atoms with Crippen molar-refractivity contribution >= 4 is 6.09 Å². The SMILES string of the molecule is CC(C)(C)OC(=O)N1CCCC[C@H]1[C@](O)(C(C)(C)C)C(F)(F)F. The van der Waals surface area contributed by atoms with Gasteiger partial charge in [0.25, 0.3) is 0 Å².